The second-order valence-electron chi connectivity index (χ2n) is 2.78. The zero-order chi connectivity index (χ0) is 12.9. The lowest BCUT2D eigenvalue weighted by atomic mass is 10.1. The molecule has 0 saturated heterocycles. The van der Waals surface area contributed by atoms with Crippen molar-refractivity contribution in [1.29, 1.82) is 0 Å². The Hall–Kier alpha value is -1.53. The number of Topliss-reactive ketones (excluding diaryl/α,β-unsaturated/α-hetero) is 1. The predicted molar refractivity (Wildman–Crippen MR) is 49.2 cm³/mol. The van der Waals surface area contributed by atoms with Crippen molar-refractivity contribution in [2.75, 3.05) is 6.61 Å². The summed E-state index contributed by atoms with van der Waals surface area (Å²) in [5.41, 5.74) is 1.90. The monoisotopic (exact) mass is 239 g/mol. The highest BCUT2D eigenvalue weighted by Crippen LogP contribution is 2.25. The minimum absolute atomic E-state index is 0.134. The summed E-state index contributed by atoms with van der Waals surface area (Å²) in [6, 6.07) is 0. The zero-order valence-corrected chi connectivity index (χ0v) is 8.85. The maximum atomic E-state index is 12.3. The first kappa shape index (κ1) is 14.5. The molecule has 4 nitrogen and oxygen atoms in total. The Bertz CT molecular complexity index is 320. The smallest absolute Gasteiger partial charge is 0.431 e. The number of ketones is 1. The van der Waals surface area contributed by atoms with Gasteiger partial charge in [-0.05, 0) is 6.92 Å². The maximum absolute atomic E-state index is 12.3. The van der Waals surface area contributed by atoms with E-state index in [9.17, 15) is 22.8 Å². The van der Waals surface area contributed by atoms with E-state index in [2.05, 4.69) is 4.74 Å². The number of hydrogen-bond donors (Lipinski definition) is 1. The first-order valence-electron chi connectivity index (χ1n) is 4.52. The van der Waals surface area contributed by atoms with Crippen molar-refractivity contribution in [1.82, 2.24) is 0 Å². The van der Waals surface area contributed by atoms with Gasteiger partial charge in [0, 0.05) is 6.42 Å². The molecule has 0 fully saturated rings. The number of hydrogen-bond acceptors (Lipinski definition) is 4. The van der Waals surface area contributed by atoms with Crippen LogP contribution in [0.4, 0.5) is 13.2 Å². The van der Waals surface area contributed by atoms with Crippen molar-refractivity contribution in [2.24, 2.45) is 5.73 Å². The number of alkyl halides is 3. The molecule has 2 N–H and O–H groups in total. The van der Waals surface area contributed by atoms with Gasteiger partial charge >= 0.3 is 12.1 Å². The van der Waals surface area contributed by atoms with Crippen LogP contribution < -0.4 is 5.73 Å². The standard InChI is InChI=1S/C9H12F3NO3/c1-3-5(14)6(8(15)16-4-2)7(13)9(10,11)12/h3-4,13H2,1-2H3. The third-order valence-electron chi connectivity index (χ3n) is 1.65. The van der Waals surface area contributed by atoms with Crippen molar-refractivity contribution in [3.05, 3.63) is 11.3 Å². The first-order chi connectivity index (χ1) is 7.25. The molecule has 0 bridgehead atoms. The molecule has 0 aromatic rings. The summed E-state index contributed by atoms with van der Waals surface area (Å²) in [7, 11) is 0. The van der Waals surface area contributed by atoms with E-state index in [1.54, 1.807) is 0 Å². The molecule has 0 aliphatic carbocycles. The summed E-state index contributed by atoms with van der Waals surface area (Å²) in [5.74, 6) is -2.34. The second-order valence-corrected chi connectivity index (χ2v) is 2.78. The molecule has 0 aromatic heterocycles. The van der Waals surface area contributed by atoms with Gasteiger partial charge in [0.15, 0.2) is 5.78 Å². The Morgan fingerprint density at radius 2 is 1.75 bits per heavy atom. The second kappa shape index (κ2) is 5.53. The molecule has 92 valence electrons. The predicted octanol–water partition coefficient (Wildman–Crippen LogP) is 1.30. The summed E-state index contributed by atoms with van der Waals surface area (Å²) in [4.78, 5) is 22.3. The molecule has 0 aliphatic rings. The first-order valence-corrected chi connectivity index (χ1v) is 4.52. The van der Waals surface area contributed by atoms with E-state index in [0.717, 1.165) is 0 Å². The van der Waals surface area contributed by atoms with Gasteiger partial charge in [0.2, 0.25) is 0 Å². The Morgan fingerprint density at radius 1 is 1.25 bits per heavy atom. The van der Waals surface area contributed by atoms with Crippen molar-refractivity contribution in [2.45, 2.75) is 26.4 Å². The Balaban J connectivity index is 5.41. The van der Waals surface area contributed by atoms with E-state index < -0.39 is 29.2 Å². The molecular formula is C9H12F3NO3. The van der Waals surface area contributed by atoms with Gasteiger partial charge < -0.3 is 10.5 Å². The number of halogens is 3. The average molecular weight is 239 g/mol. The molecule has 0 radical (unpaired) electrons. The molecule has 0 rings (SSSR count). The quantitative estimate of drug-likeness (QED) is 0.347. The molecule has 0 aromatic carbocycles. The van der Waals surface area contributed by atoms with E-state index in [4.69, 9.17) is 5.73 Å². The van der Waals surface area contributed by atoms with Crippen LogP contribution in [0.15, 0.2) is 11.3 Å². The lowest BCUT2D eigenvalue weighted by Crippen LogP contribution is -2.29. The summed E-state index contributed by atoms with van der Waals surface area (Å²) in [5, 5.41) is 0. The number of rotatable bonds is 4. The highest BCUT2D eigenvalue weighted by Gasteiger charge is 2.38. The van der Waals surface area contributed by atoms with Crippen molar-refractivity contribution in [3.63, 3.8) is 0 Å². The van der Waals surface area contributed by atoms with Gasteiger partial charge in [-0.2, -0.15) is 13.2 Å². The Kier molecular flexibility index (Phi) is 5.00. The normalized spacial score (nSPS) is 13.1. The van der Waals surface area contributed by atoms with E-state index in [0.29, 0.717) is 0 Å². The van der Waals surface area contributed by atoms with Gasteiger partial charge in [-0.3, -0.25) is 4.79 Å². The van der Waals surface area contributed by atoms with Gasteiger partial charge in [-0.25, -0.2) is 4.79 Å². The van der Waals surface area contributed by atoms with Gasteiger partial charge in [-0.15, -0.1) is 0 Å². The van der Waals surface area contributed by atoms with E-state index in [-0.39, 0.29) is 13.0 Å². The van der Waals surface area contributed by atoms with Crippen LogP contribution in [0.5, 0.6) is 0 Å². The van der Waals surface area contributed by atoms with Crippen LogP contribution in [0.3, 0.4) is 0 Å². The number of ether oxygens (including phenoxy) is 1. The SMILES string of the molecule is CCOC(=O)C(C(=O)CC)=C(N)C(F)(F)F. The van der Waals surface area contributed by atoms with Crippen molar-refractivity contribution >= 4 is 11.8 Å². The summed E-state index contributed by atoms with van der Waals surface area (Å²) >= 11 is 0. The molecule has 0 heterocycles. The third-order valence-corrected chi connectivity index (χ3v) is 1.65. The van der Waals surface area contributed by atoms with Crippen LogP contribution in [-0.4, -0.2) is 24.5 Å². The fourth-order valence-corrected chi connectivity index (χ4v) is 0.896. The Labute approximate surface area is 90.2 Å². The van der Waals surface area contributed by atoms with E-state index in [1.807, 2.05) is 0 Å². The largest absolute Gasteiger partial charge is 0.462 e. The molecule has 0 spiro atoms. The molecular weight excluding hydrogens is 227 g/mol. The van der Waals surface area contributed by atoms with Crippen LogP contribution in [0.2, 0.25) is 0 Å². The van der Waals surface area contributed by atoms with Crippen molar-refractivity contribution in [3.8, 4) is 0 Å². The van der Waals surface area contributed by atoms with Gasteiger partial charge in [-0.1, -0.05) is 6.92 Å². The molecule has 0 unspecified atom stereocenters. The third kappa shape index (κ3) is 3.56. The lowest BCUT2D eigenvalue weighted by Gasteiger charge is -2.11. The fraction of sp³-hybridized carbons (Fsp3) is 0.556. The molecule has 0 saturated carbocycles. The van der Waals surface area contributed by atoms with Crippen LogP contribution >= 0.6 is 0 Å². The van der Waals surface area contributed by atoms with Crippen LogP contribution in [-0.2, 0) is 14.3 Å². The topological polar surface area (TPSA) is 69.4 Å². The molecule has 16 heavy (non-hydrogen) atoms. The van der Waals surface area contributed by atoms with Gasteiger partial charge in [0.05, 0.1) is 6.61 Å². The number of nitrogens with two attached hydrogens (primary N) is 1. The van der Waals surface area contributed by atoms with Gasteiger partial charge in [0.1, 0.15) is 11.3 Å². The number of carbonyl (C=O) groups excluding carboxylic acids is 2. The molecule has 0 atom stereocenters. The van der Waals surface area contributed by atoms with Crippen LogP contribution in [0.1, 0.15) is 20.3 Å². The van der Waals surface area contributed by atoms with Gasteiger partial charge in [0.25, 0.3) is 0 Å². The summed E-state index contributed by atoms with van der Waals surface area (Å²) in [6.07, 6.45) is -5.18. The number of esters is 1. The average Bonchev–Trinajstić information content (AvgIpc) is 2.16. The minimum atomic E-state index is -4.92. The van der Waals surface area contributed by atoms with Crippen LogP contribution in [0, 0.1) is 0 Å². The fourth-order valence-electron chi connectivity index (χ4n) is 0.896. The minimum Gasteiger partial charge on any atom is -0.462 e. The molecule has 0 amide bonds. The van der Waals surface area contributed by atoms with Crippen molar-refractivity contribution < 1.29 is 27.5 Å². The van der Waals surface area contributed by atoms with Crippen LogP contribution in [0.25, 0.3) is 0 Å². The highest BCUT2D eigenvalue weighted by molar-refractivity contribution is 6.17. The Morgan fingerprint density at radius 3 is 2.06 bits per heavy atom. The number of carbonyl (C=O) groups is 2. The number of allylic oxidation sites excluding steroid dienone is 1. The maximum Gasteiger partial charge on any atom is 0.431 e. The van der Waals surface area contributed by atoms with E-state index in [1.165, 1.54) is 13.8 Å². The lowest BCUT2D eigenvalue weighted by molar-refractivity contribution is -0.141. The highest BCUT2D eigenvalue weighted by atomic mass is 19.4. The zero-order valence-electron chi connectivity index (χ0n) is 8.85. The molecule has 0 aliphatic heterocycles. The van der Waals surface area contributed by atoms with E-state index >= 15 is 0 Å². The summed E-state index contributed by atoms with van der Waals surface area (Å²) in [6.45, 7) is 2.60. The molecule has 7 heteroatoms. The summed E-state index contributed by atoms with van der Waals surface area (Å²) < 4.78 is 41.1.